The Morgan fingerprint density at radius 2 is 1.88 bits per heavy atom. The van der Waals surface area contributed by atoms with Crippen LogP contribution in [0.4, 0.5) is 8.78 Å². The molecular formula is C26H29F2N3O3. The van der Waals surface area contributed by atoms with E-state index < -0.39 is 11.9 Å². The molecule has 6 nitrogen and oxygen atoms in total. The number of rotatable bonds is 11. The smallest absolute Gasteiger partial charge is 0.227 e. The molecule has 8 heteroatoms. The quantitative estimate of drug-likeness (QED) is 0.332. The van der Waals surface area contributed by atoms with Gasteiger partial charge in [-0.2, -0.15) is 5.10 Å². The lowest BCUT2D eigenvalue weighted by atomic mass is 10.2. The fourth-order valence-corrected chi connectivity index (χ4v) is 3.46. The van der Waals surface area contributed by atoms with Gasteiger partial charge in [-0.25, -0.2) is 13.5 Å². The highest BCUT2D eigenvalue weighted by atomic mass is 19.1. The molecule has 0 saturated carbocycles. The highest BCUT2D eigenvalue weighted by Gasteiger charge is 2.24. The first-order valence-corrected chi connectivity index (χ1v) is 11.0. The summed E-state index contributed by atoms with van der Waals surface area (Å²) in [4.78, 5) is 2.06. The van der Waals surface area contributed by atoms with Crippen LogP contribution in [0.2, 0.25) is 0 Å². The van der Waals surface area contributed by atoms with E-state index in [4.69, 9.17) is 15.9 Å². The van der Waals surface area contributed by atoms with Crippen LogP contribution in [0.1, 0.15) is 25.1 Å². The van der Waals surface area contributed by atoms with Gasteiger partial charge in [0.2, 0.25) is 5.88 Å². The molecule has 0 fully saturated rings. The average Bonchev–Trinajstić information content (AvgIpc) is 3.09. The molecule has 1 N–H and O–H groups in total. The minimum absolute atomic E-state index is 0.0814. The normalized spacial score (nSPS) is 12.2. The number of aliphatic hydroxyl groups excluding tert-OH is 1. The predicted octanol–water partition coefficient (Wildman–Crippen LogP) is 4.47. The van der Waals surface area contributed by atoms with Crippen molar-refractivity contribution < 1.29 is 23.4 Å². The third kappa shape index (κ3) is 6.64. The van der Waals surface area contributed by atoms with E-state index in [0.717, 1.165) is 5.56 Å². The van der Waals surface area contributed by atoms with Crippen molar-refractivity contribution in [1.82, 2.24) is 14.7 Å². The summed E-state index contributed by atoms with van der Waals surface area (Å²) in [5, 5.41) is 15.0. The van der Waals surface area contributed by atoms with Crippen LogP contribution < -0.4 is 4.74 Å². The monoisotopic (exact) mass is 469 g/mol. The molecule has 1 heterocycles. The van der Waals surface area contributed by atoms with Gasteiger partial charge in [0.25, 0.3) is 0 Å². The maximum atomic E-state index is 13.8. The van der Waals surface area contributed by atoms with Crippen molar-refractivity contribution in [2.45, 2.75) is 39.5 Å². The second-order valence-electron chi connectivity index (χ2n) is 8.21. The van der Waals surface area contributed by atoms with Gasteiger partial charge in [0.05, 0.1) is 29.7 Å². The molecule has 3 aromatic rings. The van der Waals surface area contributed by atoms with Crippen LogP contribution in [0.5, 0.6) is 11.6 Å². The number of ether oxygens (including phenoxy) is 2. The molecular weight excluding hydrogens is 440 g/mol. The number of hydrogen-bond acceptors (Lipinski definition) is 5. The second kappa shape index (κ2) is 11.7. The van der Waals surface area contributed by atoms with Crippen molar-refractivity contribution in [2.75, 3.05) is 19.8 Å². The molecule has 180 valence electrons. The Hall–Kier alpha value is -3.25. The summed E-state index contributed by atoms with van der Waals surface area (Å²) in [5.41, 5.74) is 2.06. The Kier molecular flexibility index (Phi) is 8.77. The first-order chi connectivity index (χ1) is 16.3. The summed E-state index contributed by atoms with van der Waals surface area (Å²) < 4.78 is 40.3. The Labute approximate surface area is 198 Å². The maximum Gasteiger partial charge on any atom is 0.227 e. The predicted molar refractivity (Wildman–Crippen MR) is 126 cm³/mol. The van der Waals surface area contributed by atoms with Gasteiger partial charge in [0.1, 0.15) is 24.0 Å². The fraction of sp³-hybridized carbons (Fsp3) is 0.346. The largest absolute Gasteiger partial charge is 0.438 e. The number of benzene rings is 2. The molecule has 34 heavy (non-hydrogen) atoms. The highest BCUT2D eigenvalue weighted by Crippen LogP contribution is 2.32. The van der Waals surface area contributed by atoms with Crippen molar-refractivity contribution in [3.05, 3.63) is 71.4 Å². The van der Waals surface area contributed by atoms with Crippen molar-refractivity contribution in [3.63, 3.8) is 0 Å². The van der Waals surface area contributed by atoms with Gasteiger partial charge in [-0.3, -0.25) is 4.90 Å². The minimum atomic E-state index is -0.740. The molecule has 2 aromatic carbocycles. The Bertz CT molecular complexity index is 1120. The lowest BCUT2D eigenvalue weighted by Crippen LogP contribution is -2.39. The number of nitrogens with zero attached hydrogens (tertiary/aromatic N) is 3. The van der Waals surface area contributed by atoms with Gasteiger partial charge in [-0.1, -0.05) is 12.0 Å². The van der Waals surface area contributed by atoms with E-state index in [9.17, 15) is 13.9 Å². The molecule has 0 spiro atoms. The van der Waals surface area contributed by atoms with Crippen molar-refractivity contribution in [2.24, 2.45) is 0 Å². The third-order valence-electron chi connectivity index (χ3n) is 5.25. The van der Waals surface area contributed by atoms with Gasteiger partial charge in [0, 0.05) is 25.2 Å². The molecule has 0 aliphatic rings. The van der Waals surface area contributed by atoms with Gasteiger partial charge in [0.15, 0.2) is 0 Å². The lowest BCUT2D eigenvalue weighted by Gasteiger charge is -2.28. The van der Waals surface area contributed by atoms with Gasteiger partial charge in [-0.05, 0) is 57.2 Å². The van der Waals surface area contributed by atoms with Gasteiger partial charge < -0.3 is 14.6 Å². The van der Waals surface area contributed by atoms with E-state index in [2.05, 4.69) is 15.9 Å². The average molecular weight is 470 g/mol. The van der Waals surface area contributed by atoms with E-state index in [-0.39, 0.29) is 25.1 Å². The summed E-state index contributed by atoms with van der Waals surface area (Å²) in [5.74, 6) is 2.28. The van der Waals surface area contributed by atoms with Gasteiger partial charge in [-0.15, -0.1) is 6.42 Å². The molecule has 0 bridgehead atoms. The molecule has 0 radical (unpaired) electrons. The molecule has 0 unspecified atom stereocenters. The van der Waals surface area contributed by atoms with E-state index in [0.29, 0.717) is 36.1 Å². The summed E-state index contributed by atoms with van der Waals surface area (Å²) >= 11 is 0. The van der Waals surface area contributed by atoms with Crippen LogP contribution >= 0.6 is 0 Å². The molecule has 1 aromatic heterocycles. The molecule has 0 aliphatic heterocycles. The number of aryl methyl sites for hydroxylation is 1. The summed E-state index contributed by atoms with van der Waals surface area (Å²) in [6.45, 7) is 6.87. The minimum Gasteiger partial charge on any atom is -0.438 e. The molecule has 0 aliphatic carbocycles. The van der Waals surface area contributed by atoms with Crippen molar-refractivity contribution in [1.29, 1.82) is 0 Å². The fourth-order valence-electron chi connectivity index (χ4n) is 3.46. The first-order valence-electron chi connectivity index (χ1n) is 11.0. The van der Waals surface area contributed by atoms with Crippen LogP contribution in [0.3, 0.4) is 0 Å². The van der Waals surface area contributed by atoms with Crippen LogP contribution in [0.25, 0.3) is 5.69 Å². The van der Waals surface area contributed by atoms with Crippen LogP contribution in [-0.4, -0.2) is 51.7 Å². The number of halogens is 2. The van der Waals surface area contributed by atoms with Crippen LogP contribution in [0, 0.1) is 30.9 Å². The molecule has 3 rings (SSSR count). The standard InChI is InChI=1S/C26H29F2N3O3/c1-5-13-33-17-23(32)15-30(18(2)3)16-25-19(4)29-31(22-11-9-20(27)10-12-22)26(25)34-24-8-6-7-21(28)14-24/h1,6-12,14,18,23,32H,13,15-17H2,2-4H3/t23-/m0/s1. The molecule has 0 amide bonds. The number of hydrogen-bond donors (Lipinski definition) is 1. The highest BCUT2D eigenvalue weighted by molar-refractivity contribution is 5.43. The summed E-state index contributed by atoms with van der Waals surface area (Å²) in [7, 11) is 0. The topological polar surface area (TPSA) is 59.8 Å². The summed E-state index contributed by atoms with van der Waals surface area (Å²) in [6, 6.07) is 11.8. The molecule has 0 saturated heterocycles. The van der Waals surface area contributed by atoms with Crippen LogP contribution in [-0.2, 0) is 11.3 Å². The molecule has 1 atom stereocenters. The maximum absolute atomic E-state index is 13.8. The zero-order valence-corrected chi connectivity index (χ0v) is 19.5. The van der Waals surface area contributed by atoms with Crippen molar-refractivity contribution >= 4 is 0 Å². The Balaban J connectivity index is 1.96. The number of aliphatic hydroxyl groups is 1. The zero-order chi connectivity index (χ0) is 24.7. The Morgan fingerprint density at radius 1 is 1.15 bits per heavy atom. The number of terminal acetylenes is 1. The second-order valence-corrected chi connectivity index (χ2v) is 8.21. The van der Waals surface area contributed by atoms with Crippen LogP contribution in [0.15, 0.2) is 48.5 Å². The van der Waals surface area contributed by atoms with E-state index in [1.54, 1.807) is 28.9 Å². The Morgan fingerprint density at radius 3 is 2.53 bits per heavy atom. The van der Waals surface area contributed by atoms with E-state index in [1.165, 1.54) is 24.3 Å². The van der Waals surface area contributed by atoms with E-state index >= 15 is 0 Å². The SMILES string of the molecule is C#CCOC[C@@H](O)CN(Cc1c(C)nn(-c2ccc(F)cc2)c1Oc1cccc(F)c1)C(C)C. The van der Waals surface area contributed by atoms with Gasteiger partial charge >= 0.3 is 0 Å². The number of aromatic nitrogens is 2. The van der Waals surface area contributed by atoms with E-state index in [1.807, 2.05) is 20.8 Å². The zero-order valence-electron chi connectivity index (χ0n) is 19.5. The lowest BCUT2D eigenvalue weighted by molar-refractivity contribution is 0.0190. The van der Waals surface area contributed by atoms with Crippen molar-refractivity contribution in [3.8, 4) is 29.7 Å². The summed E-state index contributed by atoms with van der Waals surface area (Å²) in [6.07, 6.45) is 4.46. The third-order valence-corrected chi connectivity index (χ3v) is 5.25. The first kappa shape index (κ1) is 25.4.